The molecule has 2 rings (SSSR count). The second-order valence-electron chi connectivity index (χ2n) is 5.29. The summed E-state index contributed by atoms with van der Waals surface area (Å²) in [4.78, 5) is 0. The average molecular weight is 243 g/mol. The minimum absolute atomic E-state index is 0.104. The van der Waals surface area contributed by atoms with Crippen molar-refractivity contribution in [3.63, 3.8) is 0 Å². The molecule has 2 N–H and O–H groups in total. The molecule has 0 amide bonds. The lowest BCUT2D eigenvalue weighted by Gasteiger charge is -2.29. The Morgan fingerprint density at radius 2 is 1.94 bits per heavy atom. The van der Waals surface area contributed by atoms with Crippen molar-refractivity contribution in [2.75, 3.05) is 18.1 Å². The third-order valence-corrected chi connectivity index (χ3v) is 5.19. The second-order valence-corrected chi connectivity index (χ2v) is 6.44. The van der Waals surface area contributed by atoms with Gasteiger partial charge in [-0.15, -0.1) is 0 Å². The molecule has 2 atom stereocenters. The van der Waals surface area contributed by atoms with Gasteiger partial charge in [0.15, 0.2) is 0 Å². The van der Waals surface area contributed by atoms with E-state index in [0.29, 0.717) is 12.0 Å². The van der Waals surface area contributed by atoms with E-state index in [2.05, 4.69) is 5.32 Å². The second kappa shape index (κ2) is 6.87. The molecule has 1 heterocycles. The molecule has 0 spiro atoms. The van der Waals surface area contributed by atoms with Crippen LogP contribution in [0.3, 0.4) is 0 Å². The predicted molar refractivity (Wildman–Crippen MR) is 70.9 cm³/mol. The summed E-state index contributed by atoms with van der Waals surface area (Å²) in [6.07, 6.45) is 9.02. The van der Waals surface area contributed by atoms with Gasteiger partial charge in [0.25, 0.3) is 0 Å². The van der Waals surface area contributed by atoms with Crippen LogP contribution in [0.4, 0.5) is 0 Å². The molecule has 2 nitrogen and oxygen atoms in total. The van der Waals surface area contributed by atoms with Crippen LogP contribution in [0.15, 0.2) is 0 Å². The lowest BCUT2D eigenvalue weighted by Crippen LogP contribution is -2.41. The molecule has 2 aliphatic rings. The zero-order valence-electron chi connectivity index (χ0n) is 10.2. The van der Waals surface area contributed by atoms with E-state index in [-0.39, 0.29) is 6.10 Å². The lowest BCUT2D eigenvalue weighted by molar-refractivity contribution is 0.0817. The molecule has 3 heteroatoms. The van der Waals surface area contributed by atoms with Crippen molar-refractivity contribution >= 4 is 11.8 Å². The highest BCUT2D eigenvalue weighted by Gasteiger charge is 2.22. The summed E-state index contributed by atoms with van der Waals surface area (Å²) in [5.74, 6) is 3.12. The first-order valence-electron chi connectivity index (χ1n) is 6.85. The highest BCUT2D eigenvalue weighted by atomic mass is 32.2. The fourth-order valence-electron chi connectivity index (χ4n) is 2.87. The zero-order chi connectivity index (χ0) is 11.2. The van der Waals surface area contributed by atoms with Crippen LogP contribution in [-0.2, 0) is 0 Å². The SMILES string of the molecule is OC(CNC1CCCSC1)C1CCCCC1. The molecule has 0 aromatic carbocycles. The summed E-state index contributed by atoms with van der Waals surface area (Å²) in [7, 11) is 0. The van der Waals surface area contributed by atoms with Crippen LogP contribution in [-0.4, -0.2) is 35.3 Å². The fourth-order valence-corrected chi connectivity index (χ4v) is 3.98. The first kappa shape index (κ1) is 12.7. The molecular weight excluding hydrogens is 218 g/mol. The van der Waals surface area contributed by atoms with E-state index in [1.165, 1.54) is 56.5 Å². The zero-order valence-corrected chi connectivity index (χ0v) is 11.0. The fraction of sp³-hybridized carbons (Fsp3) is 1.00. The number of rotatable bonds is 4. The molecule has 94 valence electrons. The van der Waals surface area contributed by atoms with Gasteiger partial charge in [0.2, 0.25) is 0 Å². The minimum Gasteiger partial charge on any atom is -0.392 e. The van der Waals surface area contributed by atoms with Crippen LogP contribution in [0.5, 0.6) is 0 Å². The standard InChI is InChI=1S/C13H25NOS/c15-13(11-5-2-1-3-6-11)9-14-12-7-4-8-16-10-12/h11-15H,1-10H2. The van der Waals surface area contributed by atoms with Gasteiger partial charge in [-0.3, -0.25) is 0 Å². The third-order valence-electron chi connectivity index (χ3n) is 3.97. The highest BCUT2D eigenvalue weighted by molar-refractivity contribution is 7.99. The normalized spacial score (nSPS) is 30.2. The van der Waals surface area contributed by atoms with Gasteiger partial charge in [-0.25, -0.2) is 0 Å². The third kappa shape index (κ3) is 3.94. The first-order chi connectivity index (χ1) is 7.86. The smallest absolute Gasteiger partial charge is 0.0692 e. The van der Waals surface area contributed by atoms with E-state index < -0.39 is 0 Å². The summed E-state index contributed by atoms with van der Waals surface area (Å²) in [5.41, 5.74) is 0. The number of aliphatic hydroxyl groups excluding tert-OH is 1. The molecule has 1 aliphatic carbocycles. The van der Waals surface area contributed by atoms with E-state index in [0.717, 1.165) is 6.54 Å². The number of hydrogen-bond acceptors (Lipinski definition) is 3. The quantitative estimate of drug-likeness (QED) is 0.795. The van der Waals surface area contributed by atoms with Crippen LogP contribution in [0.1, 0.15) is 44.9 Å². The van der Waals surface area contributed by atoms with E-state index in [1.807, 2.05) is 11.8 Å². The van der Waals surface area contributed by atoms with E-state index in [1.54, 1.807) is 0 Å². The lowest BCUT2D eigenvalue weighted by atomic mass is 9.85. The van der Waals surface area contributed by atoms with Crippen molar-refractivity contribution in [1.29, 1.82) is 0 Å². The van der Waals surface area contributed by atoms with Crippen LogP contribution in [0, 0.1) is 5.92 Å². The van der Waals surface area contributed by atoms with Crippen molar-refractivity contribution in [2.45, 2.75) is 57.1 Å². The molecule has 0 aromatic rings. The number of aliphatic hydroxyl groups is 1. The van der Waals surface area contributed by atoms with Crippen LogP contribution < -0.4 is 5.32 Å². The Labute approximate surface area is 104 Å². The topological polar surface area (TPSA) is 32.3 Å². The maximum absolute atomic E-state index is 10.1. The van der Waals surface area contributed by atoms with Gasteiger partial charge in [0, 0.05) is 18.3 Å². The van der Waals surface area contributed by atoms with Crippen LogP contribution >= 0.6 is 11.8 Å². The Hall–Kier alpha value is 0.270. The van der Waals surface area contributed by atoms with Crippen molar-refractivity contribution < 1.29 is 5.11 Å². The Kier molecular flexibility index (Phi) is 5.46. The summed E-state index contributed by atoms with van der Waals surface area (Å²) in [6.45, 7) is 0.815. The molecule has 0 bridgehead atoms. The molecule has 1 saturated heterocycles. The van der Waals surface area contributed by atoms with Gasteiger partial charge in [-0.2, -0.15) is 11.8 Å². The molecule has 2 unspecified atom stereocenters. The maximum atomic E-state index is 10.1. The summed E-state index contributed by atoms with van der Waals surface area (Å²) >= 11 is 2.05. The Balaban J connectivity index is 1.63. The van der Waals surface area contributed by atoms with Crippen molar-refractivity contribution in [2.24, 2.45) is 5.92 Å². The van der Waals surface area contributed by atoms with Crippen molar-refractivity contribution in [1.82, 2.24) is 5.32 Å². The van der Waals surface area contributed by atoms with E-state index >= 15 is 0 Å². The largest absolute Gasteiger partial charge is 0.392 e. The molecule has 0 radical (unpaired) electrons. The number of thioether (sulfide) groups is 1. The highest BCUT2D eigenvalue weighted by Crippen LogP contribution is 2.26. The maximum Gasteiger partial charge on any atom is 0.0692 e. The number of nitrogens with one attached hydrogen (secondary N) is 1. The summed E-state index contributed by atoms with van der Waals surface area (Å²) < 4.78 is 0. The van der Waals surface area contributed by atoms with Crippen LogP contribution in [0.25, 0.3) is 0 Å². The van der Waals surface area contributed by atoms with E-state index in [9.17, 15) is 5.11 Å². The first-order valence-corrected chi connectivity index (χ1v) is 8.01. The van der Waals surface area contributed by atoms with E-state index in [4.69, 9.17) is 0 Å². The molecule has 1 aliphatic heterocycles. The van der Waals surface area contributed by atoms with Crippen molar-refractivity contribution in [3.05, 3.63) is 0 Å². The monoisotopic (exact) mass is 243 g/mol. The molecule has 2 fully saturated rings. The Morgan fingerprint density at radius 3 is 2.62 bits per heavy atom. The Morgan fingerprint density at radius 1 is 1.12 bits per heavy atom. The van der Waals surface area contributed by atoms with Gasteiger partial charge < -0.3 is 10.4 Å². The van der Waals surface area contributed by atoms with Crippen LogP contribution in [0.2, 0.25) is 0 Å². The van der Waals surface area contributed by atoms with Crippen molar-refractivity contribution in [3.8, 4) is 0 Å². The summed E-state index contributed by atoms with van der Waals surface area (Å²) in [6, 6.07) is 0.650. The minimum atomic E-state index is -0.104. The predicted octanol–water partition coefficient (Wildman–Crippen LogP) is 2.41. The molecule has 1 saturated carbocycles. The molecule has 16 heavy (non-hydrogen) atoms. The van der Waals surface area contributed by atoms with Gasteiger partial charge >= 0.3 is 0 Å². The molecular formula is C13H25NOS. The van der Waals surface area contributed by atoms with Gasteiger partial charge in [-0.05, 0) is 37.4 Å². The summed E-state index contributed by atoms with van der Waals surface area (Å²) in [5, 5.41) is 13.7. The Bertz CT molecular complexity index is 188. The molecule has 0 aromatic heterocycles. The average Bonchev–Trinajstić information content (AvgIpc) is 2.38. The number of hydrogen-bond donors (Lipinski definition) is 2. The van der Waals surface area contributed by atoms with Gasteiger partial charge in [0.05, 0.1) is 6.10 Å². The van der Waals surface area contributed by atoms with Gasteiger partial charge in [-0.1, -0.05) is 19.3 Å². The van der Waals surface area contributed by atoms with Gasteiger partial charge in [0.1, 0.15) is 0 Å².